The molecule has 11 heteroatoms. The fourth-order valence-corrected chi connectivity index (χ4v) is 3.78. The van der Waals surface area contributed by atoms with Gasteiger partial charge < -0.3 is 23.9 Å². The lowest BCUT2D eigenvalue weighted by Crippen LogP contribution is -2.14. The van der Waals surface area contributed by atoms with Gasteiger partial charge in [-0.05, 0) is 54.4 Å². The van der Waals surface area contributed by atoms with Gasteiger partial charge in [0.15, 0.2) is 6.61 Å². The number of hydrogen-bond donors (Lipinski definition) is 0. The summed E-state index contributed by atoms with van der Waals surface area (Å²) in [6.07, 6.45) is 2.13. The van der Waals surface area contributed by atoms with Crippen LogP contribution in [0.1, 0.15) is 34.7 Å². The molecule has 0 unspecified atom stereocenters. The van der Waals surface area contributed by atoms with Gasteiger partial charge in [-0.15, -0.1) is 6.42 Å². The van der Waals surface area contributed by atoms with E-state index < -0.39 is 17.7 Å². The van der Waals surface area contributed by atoms with Crippen LogP contribution < -0.4 is 4.74 Å². The maximum absolute atomic E-state index is 13.0. The molecule has 0 aliphatic heterocycles. The van der Waals surface area contributed by atoms with Crippen molar-refractivity contribution < 1.29 is 41.9 Å². The van der Waals surface area contributed by atoms with Gasteiger partial charge in [0.2, 0.25) is 0 Å². The van der Waals surface area contributed by atoms with Gasteiger partial charge in [0.05, 0.1) is 26.0 Å². The van der Waals surface area contributed by atoms with Crippen LogP contribution in [-0.2, 0) is 43.3 Å². The van der Waals surface area contributed by atoms with Crippen LogP contribution in [0.2, 0.25) is 0 Å². The number of methoxy groups -OCH3 is 2. The van der Waals surface area contributed by atoms with Gasteiger partial charge >= 0.3 is 12.1 Å². The summed E-state index contributed by atoms with van der Waals surface area (Å²) >= 11 is 0. The number of terminal acetylenes is 1. The molecule has 3 rings (SSSR count). The van der Waals surface area contributed by atoms with Crippen molar-refractivity contribution >= 4 is 23.0 Å². The van der Waals surface area contributed by atoms with Crippen molar-refractivity contribution in [2.24, 2.45) is 10.3 Å². The van der Waals surface area contributed by atoms with Gasteiger partial charge in [-0.25, -0.2) is 4.79 Å². The highest BCUT2D eigenvalue weighted by molar-refractivity contribution is 6.47. The van der Waals surface area contributed by atoms with Crippen LogP contribution in [0, 0.1) is 12.3 Å². The van der Waals surface area contributed by atoms with E-state index in [4.69, 9.17) is 30.3 Å². The standard InChI is InChI=1S/C32H29F3N2O6/c1-5-17-42-37-30(22(2)36-43-20-25-10-6-7-12-28(25)29(21-39-3)31(38)40-4)24-13-15-27(16-14-24)41-19-23-9-8-11-26(18-23)32(33,34)35/h1,6-16,18,21H,17,19-20H2,2-4H3/b29-21?,36-22?,37-30-. The molecule has 0 bridgehead atoms. The molecule has 0 aliphatic rings. The second-order valence-electron chi connectivity index (χ2n) is 8.79. The molecule has 0 aliphatic carbocycles. The first kappa shape index (κ1) is 32.3. The predicted octanol–water partition coefficient (Wildman–Crippen LogP) is 6.39. The Morgan fingerprint density at radius 2 is 1.70 bits per heavy atom. The van der Waals surface area contributed by atoms with E-state index in [1.807, 2.05) is 0 Å². The van der Waals surface area contributed by atoms with Crippen LogP contribution in [0.25, 0.3) is 5.57 Å². The average molecular weight is 595 g/mol. The third-order valence-corrected chi connectivity index (χ3v) is 5.80. The Morgan fingerprint density at radius 1 is 0.953 bits per heavy atom. The predicted molar refractivity (Wildman–Crippen MR) is 155 cm³/mol. The zero-order valence-electron chi connectivity index (χ0n) is 23.7. The summed E-state index contributed by atoms with van der Waals surface area (Å²) in [6, 6.07) is 18.7. The van der Waals surface area contributed by atoms with E-state index in [2.05, 4.69) is 16.2 Å². The number of esters is 1. The van der Waals surface area contributed by atoms with Crippen LogP contribution in [0.3, 0.4) is 0 Å². The van der Waals surface area contributed by atoms with Gasteiger partial charge in [-0.3, -0.25) is 0 Å². The van der Waals surface area contributed by atoms with Gasteiger partial charge in [0.1, 0.15) is 36.0 Å². The molecule has 0 N–H and O–H groups in total. The Bertz CT molecular complexity index is 1520. The van der Waals surface area contributed by atoms with Gasteiger partial charge in [0.25, 0.3) is 0 Å². The second kappa shape index (κ2) is 15.7. The molecule has 0 fully saturated rings. The molecule has 0 heterocycles. The molecule has 0 amide bonds. The number of rotatable bonds is 13. The van der Waals surface area contributed by atoms with E-state index in [1.54, 1.807) is 61.5 Å². The third kappa shape index (κ3) is 9.39. The third-order valence-electron chi connectivity index (χ3n) is 5.80. The lowest BCUT2D eigenvalue weighted by atomic mass is 10.0. The van der Waals surface area contributed by atoms with Crippen LogP contribution in [-0.4, -0.2) is 38.2 Å². The SMILES string of the molecule is C#CCO/N=C(/C(C)=NOCc1ccccc1C(=COC)C(=O)OC)c1ccc(OCc2cccc(C(F)(F)F)c2)cc1. The molecule has 3 aromatic rings. The molecular weight excluding hydrogens is 565 g/mol. The van der Waals surface area contributed by atoms with E-state index in [-0.39, 0.29) is 25.4 Å². The summed E-state index contributed by atoms with van der Waals surface area (Å²) in [5.74, 6) is 2.19. The molecule has 0 radical (unpaired) electrons. The molecule has 0 atom stereocenters. The number of oxime groups is 2. The Hall–Kier alpha value is -5.24. The van der Waals surface area contributed by atoms with E-state index in [9.17, 15) is 18.0 Å². The molecule has 3 aromatic carbocycles. The highest BCUT2D eigenvalue weighted by Crippen LogP contribution is 2.30. The average Bonchev–Trinajstić information content (AvgIpc) is 3.01. The Labute approximate surface area is 247 Å². The van der Waals surface area contributed by atoms with Crippen molar-refractivity contribution in [2.75, 3.05) is 20.8 Å². The van der Waals surface area contributed by atoms with Crippen LogP contribution in [0.15, 0.2) is 89.4 Å². The van der Waals surface area contributed by atoms with Crippen molar-refractivity contribution in [3.8, 4) is 18.1 Å². The Kier molecular flexibility index (Phi) is 11.8. The minimum atomic E-state index is -4.44. The highest BCUT2D eigenvalue weighted by Gasteiger charge is 2.30. The number of carbonyl (C=O) groups is 1. The van der Waals surface area contributed by atoms with Crippen LogP contribution in [0.4, 0.5) is 13.2 Å². The maximum Gasteiger partial charge on any atom is 0.416 e. The van der Waals surface area contributed by atoms with Crippen LogP contribution in [0.5, 0.6) is 5.75 Å². The fraction of sp³-hybridized carbons (Fsp3) is 0.219. The largest absolute Gasteiger partial charge is 0.503 e. The molecule has 0 saturated heterocycles. The number of benzene rings is 3. The molecular formula is C32H29F3N2O6. The zero-order valence-corrected chi connectivity index (χ0v) is 23.7. The number of nitrogens with zero attached hydrogens (tertiary/aromatic N) is 2. The van der Waals surface area contributed by atoms with E-state index in [0.29, 0.717) is 39.4 Å². The number of ether oxygens (including phenoxy) is 3. The van der Waals surface area contributed by atoms with Gasteiger partial charge in [0, 0.05) is 11.1 Å². The molecule has 0 spiro atoms. The fourth-order valence-electron chi connectivity index (χ4n) is 3.78. The molecule has 43 heavy (non-hydrogen) atoms. The summed E-state index contributed by atoms with van der Waals surface area (Å²) in [6.45, 7) is 1.53. The summed E-state index contributed by atoms with van der Waals surface area (Å²) < 4.78 is 54.6. The Morgan fingerprint density at radius 3 is 2.37 bits per heavy atom. The normalized spacial score (nSPS) is 12.3. The smallest absolute Gasteiger partial charge is 0.416 e. The number of alkyl halides is 3. The molecule has 8 nitrogen and oxygen atoms in total. The van der Waals surface area contributed by atoms with E-state index >= 15 is 0 Å². The molecule has 224 valence electrons. The summed E-state index contributed by atoms with van der Waals surface area (Å²) in [4.78, 5) is 23.1. The number of halogens is 3. The lowest BCUT2D eigenvalue weighted by Gasteiger charge is -2.12. The highest BCUT2D eigenvalue weighted by atomic mass is 19.4. The minimum absolute atomic E-state index is 0.00632. The first-order valence-corrected chi connectivity index (χ1v) is 12.8. The van der Waals surface area contributed by atoms with Gasteiger partial charge in [-0.2, -0.15) is 13.2 Å². The van der Waals surface area contributed by atoms with Gasteiger partial charge in [-0.1, -0.05) is 52.6 Å². The second-order valence-corrected chi connectivity index (χ2v) is 8.79. The van der Waals surface area contributed by atoms with E-state index in [1.165, 1.54) is 26.5 Å². The van der Waals surface area contributed by atoms with Crippen molar-refractivity contribution in [1.29, 1.82) is 0 Å². The lowest BCUT2D eigenvalue weighted by molar-refractivity contribution is -0.137. The topological polar surface area (TPSA) is 87.9 Å². The van der Waals surface area contributed by atoms with Crippen molar-refractivity contribution in [1.82, 2.24) is 0 Å². The first-order chi connectivity index (χ1) is 20.7. The molecule has 0 aromatic heterocycles. The van der Waals surface area contributed by atoms with E-state index in [0.717, 1.165) is 12.1 Å². The zero-order chi connectivity index (χ0) is 31.2. The first-order valence-electron chi connectivity index (χ1n) is 12.8. The summed E-state index contributed by atoms with van der Waals surface area (Å²) in [7, 11) is 2.70. The number of hydrogen-bond acceptors (Lipinski definition) is 8. The van der Waals surface area contributed by atoms with Crippen molar-refractivity contribution in [3.05, 3.63) is 107 Å². The van der Waals surface area contributed by atoms with Crippen LogP contribution >= 0.6 is 0 Å². The maximum atomic E-state index is 13.0. The van der Waals surface area contributed by atoms with Crippen molar-refractivity contribution in [3.63, 3.8) is 0 Å². The monoisotopic (exact) mass is 594 g/mol. The Balaban J connectivity index is 1.75. The van der Waals surface area contributed by atoms with Crippen molar-refractivity contribution in [2.45, 2.75) is 26.3 Å². The quantitative estimate of drug-likeness (QED) is 0.0434. The minimum Gasteiger partial charge on any atom is -0.503 e. The summed E-state index contributed by atoms with van der Waals surface area (Å²) in [5.41, 5.74) is 2.31. The molecule has 0 saturated carbocycles. The summed E-state index contributed by atoms with van der Waals surface area (Å²) in [5, 5.41) is 8.28. The number of carbonyl (C=O) groups excluding carboxylic acids is 1.